The van der Waals surface area contributed by atoms with Crippen molar-refractivity contribution in [3.63, 3.8) is 0 Å². The van der Waals surface area contributed by atoms with Gasteiger partial charge in [-0.05, 0) is 18.6 Å². The molecule has 2 rings (SSSR count). The van der Waals surface area contributed by atoms with Gasteiger partial charge in [0.1, 0.15) is 12.7 Å². The molecule has 0 amide bonds. The molecule has 0 fully saturated rings. The van der Waals surface area contributed by atoms with Crippen LogP contribution in [0.5, 0.6) is 0 Å². The van der Waals surface area contributed by atoms with Gasteiger partial charge in [0, 0.05) is 11.1 Å². The molecule has 0 aliphatic rings. The van der Waals surface area contributed by atoms with Crippen LogP contribution in [0.25, 0.3) is 0 Å². The summed E-state index contributed by atoms with van der Waals surface area (Å²) in [4.78, 5) is 24.5. The zero-order chi connectivity index (χ0) is 17.5. The number of aliphatic hydroxyl groups is 2. The third-order valence-electron chi connectivity index (χ3n) is 3.67. The Hall–Kier alpha value is -2.50. The van der Waals surface area contributed by atoms with Crippen molar-refractivity contribution in [3.8, 4) is 0 Å². The largest absolute Gasteiger partial charge is 0.462 e. The summed E-state index contributed by atoms with van der Waals surface area (Å²) in [5, 5.41) is 18.0. The molecule has 2 aromatic rings. The summed E-state index contributed by atoms with van der Waals surface area (Å²) in [6.07, 6.45) is -1.09. The summed E-state index contributed by atoms with van der Waals surface area (Å²) in [5.74, 6) is -1.22. The van der Waals surface area contributed by atoms with Crippen molar-refractivity contribution in [1.29, 1.82) is 0 Å². The molecule has 0 aromatic heterocycles. The van der Waals surface area contributed by atoms with Crippen LogP contribution in [0.2, 0.25) is 0 Å². The van der Waals surface area contributed by atoms with Gasteiger partial charge in [0.2, 0.25) is 0 Å². The van der Waals surface area contributed by atoms with Crippen LogP contribution in [-0.2, 0) is 9.53 Å². The van der Waals surface area contributed by atoms with E-state index in [1.54, 1.807) is 55.5 Å². The summed E-state index contributed by atoms with van der Waals surface area (Å²) in [6.45, 7) is 0.935. The summed E-state index contributed by atoms with van der Waals surface area (Å²) >= 11 is 0. The van der Waals surface area contributed by atoms with E-state index in [4.69, 9.17) is 9.84 Å². The quantitative estimate of drug-likeness (QED) is 0.599. The van der Waals surface area contributed by atoms with Gasteiger partial charge in [0.05, 0.1) is 12.5 Å². The Labute approximate surface area is 140 Å². The first-order valence-corrected chi connectivity index (χ1v) is 7.68. The molecule has 0 aliphatic carbocycles. The molecule has 0 radical (unpaired) electrons. The van der Waals surface area contributed by atoms with Crippen molar-refractivity contribution < 1.29 is 24.5 Å². The minimum absolute atomic E-state index is 0.117. The molecule has 0 saturated carbocycles. The molecule has 0 aliphatic heterocycles. The molecule has 126 valence electrons. The standard InChI is InChI=1S/C19H20O5/c1-13(19(23)24-12-17(21)11-20)15-8-5-9-16(10-15)18(22)14-6-3-2-4-7-14/h2-10,13,17,20-21H,11-12H2,1H3/t13-,17?/m1/s1. The number of rotatable bonds is 7. The number of ether oxygens (including phenoxy) is 1. The van der Waals surface area contributed by atoms with Crippen LogP contribution >= 0.6 is 0 Å². The number of carbonyl (C=O) groups excluding carboxylic acids is 2. The van der Waals surface area contributed by atoms with Crippen LogP contribution in [0.3, 0.4) is 0 Å². The van der Waals surface area contributed by atoms with E-state index in [2.05, 4.69) is 0 Å². The number of benzene rings is 2. The molecule has 0 heterocycles. The number of hydrogen-bond donors (Lipinski definition) is 2. The molecule has 5 heteroatoms. The minimum atomic E-state index is -1.09. The van der Waals surface area contributed by atoms with Crippen LogP contribution in [0, 0.1) is 0 Å². The van der Waals surface area contributed by atoms with Crippen molar-refractivity contribution in [2.75, 3.05) is 13.2 Å². The van der Waals surface area contributed by atoms with E-state index in [1.807, 2.05) is 6.07 Å². The highest BCUT2D eigenvalue weighted by Crippen LogP contribution is 2.20. The highest BCUT2D eigenvalue weighted by Gasteiger charge is 2.19. The van der Waals surface area contributed by atoms with Crippen molar-refractivity contribution in [2.45, 2.75) is 18.9 Å². The van der Waals surface area contributed by atoms with E-state index in [1.165, 1.54) is 0 Å². The first-order valence-electron chi connectivity index (χ1n) is 7.68. The second-order valence-corrected chi connectivity index (χ2v) is 5.51. The lowest BCUT2D eigenvalue weighted by molar-refractivity contribution is -0.148. The van der Waals surface area contributed by atoms with Crippen molar-refractivity contribution in [1.82, 2.24) is 0 Å². The predicted octanol–water partition coefficient (Wildman–Crippen LogP) is 1.92. The van der Waals surface area contributed by atoms with Crippen LogP contribution in [0.1, 0.15) is 34.3 Å². The second kappa shape index (κ2) is 8.38. The van der Waals surface area contributed by atoms with E-state index in [9.17, 15) is 14.7 Å². The van der Waals surface area contributed by atoms with Crippen LogP contribution in [0.4, 0.5) is 0 Å². The van der Waals surface area contributed by atoms with Crippen molar-refractivity contribution >= 4 is 11.8 Å². The maximum Gasteiger partial charge on any atom is 0.313 e. The van der Waals surface area contributed by atoms with Gasteiger partial charge >= 0.3 is 5.97 Å². The van der Waals surface area contributed by atoms with Gasteiger partial charge in [0.15, 0.2) is 5.78 Å². The molecule has 24 heavy (non-hydrogen) atoms. The van der Waals surface area contributed by atoms with Gasteiger partial charge in [-0.15, -0.1) is 0 Å². The Morgan fingerprint density at radius 3 is 2.38 bits per heavy atom. The van der Waals surface area contributed by atoms with E-state index >= 15 is 0 Å². The van der Waals surface area contributed by atoms with Crippen molar-refractivity contribution in [2.24, 2.45) is 0 Å². The number of esters is 1. The molecule has 0 bridgehead atoms. The smallest absolute Gasteiger partial charge is 0.313 e. The molecular formula is C19H20O5. The summed E-state index contributed by atoms with van der Waals surface area (Å²) in [6, 6.07) is 15.7. The summed E-state index contributed by atoms with van der Waals surface area (Å²) in [5.41, 5.74) is 1.73. The van der Waals surface area contributed by atoms with Gasteiger partial charge in [-0.2, -0.15) is 0 Å². The Bertz CT molecular complexity index is 696. The first-order chi connectivity index (χ1) is 11.5. The van der Waals surface area contributed by atoms with E-state index in [0.29, 0.717) is 16.7 Å². The summed E-state index contributed by atoms with van der Waals surface area (Å²) < 4.78 is 4.96. The third kappa shape index (κ3) is 4.50. The fourth-order valence-corrected chi connectivity index (χ4v) is 2.20. The summed E-state index contributed by atoms with van der Waals surface area (Å²) in [7, 11) is 0. The SMILES string of the molecule is C[C@@H](C(=O)OCC(O)CO)c1cccc(C(=O)c2ccccc2)c1. The number of aliphatic hydroxyl groups excluding tert-OH is 2. The van der Waals surface area contributed by atoms with Crippen molar-refractivity contribution in [3.05, 3.63) is 71.3 Å². The number of ketones is 1. The van der Waals surface area contributed by atoms with Crippen LogP contribution in [-0.4, -0.2) is 41.3 Å². The second-order valence-electron chi connectivity index (χ2n) is 5.51. The minimum Gasteiger partial charge on any atom is -0.462 e. The van der Waals surface area contributed by atoms with Gasteiger partial charge in [-0.3, -0.25) is 9.59 Å². The fourth-order valence-electron chi connectivity index (χ4n) is 2.20. The maximum absolute atomic E-state index is 12.5. The third-order valence-corrected chi connectivity index (χ3v) is 3.67. The van der Waals surface area contributed by atoms with E-state index in [-0.39, 0.29) is 12.4 Å². The van der Waals surface area contributed by atoms with Gasteiger partial charge in [-0.25, -0.2) is 0 Å². The molecular weight excluding hydrogens is 308 g/mol. The molecule has 2 aromatic carbocycles. The number of carbonyl (C=O) groups is 2. The zero-order valence-corrected chi connectivity index (χ0v) is 13.4. The monoisotopic (exact) mass is 328 g/mol. The Balaban J connectivity index is 2.12. The van der Waals surface area contributed by atoms with Gasteiger partial charge in [-0.1, -0.05) is 48.5 Å². The zero-order valence-electron chi connectivity index (χ0n) is 13.4. The fraction of sp³-hybridized carbons (Fsp3) is 0.263. The molecule has 2 atom stereocenters. The molecule has 0 saturated heterocycles. The van der Waals surface area contributed by atoms with Crippen LogP contribution in [0.15, 0.2) is 54.6 Å². The number of hydrogen-bond acceptors (Lipinski definition) is 5. The average Bonchev–Trinajstić information content (AvgIpc) is 2.65. The Morgan fingerprint density at radius 1 is 1.04 bits per heavy atom. The molecule has 2 N–H and O–H groups in total. The normalized spacial score (nSPS) is 13.1. The van der Waals surface area contributed by atoms with E-state index in [0.717, 1.165) is 0 Å². The first kappa shape index (κ1) is 17.8. The molecule has 5 nitrogen and oxygen atoms in total. The van der Waals surface area contributed by atoms with Gasteiger partial charge in [0.25, 0.3) is 0 Å². The topological polar surface area (TPSA) is 83.8 Å². The average molecular weight is 328 g/mol. The van der Waals surface area contributed by atoms with E-state index < -0.39 is 24.6 Å². The Morgan fingerprint density at radius 2 is 1.71 bits per heavy atom. The predicted molar refractivity (Wildman–Crippen MR) is 88.8 cm³/mol. The van der Waals surface area contributed by atoms with Crippen LogP contribution < -0.4 is 0 Å². The highest BCUT2D eigenvalue weighted by molar-refractivity contribution is 6.09. The Kier molecular flexibility index (Phi) is 6.23. The maximum atomic E-state index is 12.5. The molecule has 0 spiro atoms. The van der Waals surface area contributed by atoms with Gasteiger partial charge < -0.3 is 14.9 Å². The lowest BCUT2D eigenvalue weighted by Crippen LogP contribution is -2.24. The lowest BCUT2D eigenvalue weighted by atomic mass is 9.96. The lowest BCUT2D eigenvalue weighted by Gasteiger charge is -2.14. The molecule has 1 unspecified atom stereocenters. The highest BCUT2D eigenvalue weighted by atomic mass is 16.5.